The van der Waals surface area contributed by atoms with E-state index in [2.05, 4.69) is 12.2 Å². The summed E-state index contributed by atoms with van der Waals surface area (Å²) in [4.78, 5) is 27.0. The second kappa shape index (κ2) is 11.8. The van der Waals surface area contributed by atoms with E-state index in [0.29, 0.717) is 22.3 Å². The molecule has 0 aliphatic carbocycles. The standard InChI is InChI=1S/C23H28Cl2N2O3/c1-4-12-26-23(29)16(3)27(14-18-8-11-20(24)21(25)13-18)22(28)15-30-19-9-6-17(5-2)7-10-19/h6-11,13,16H,4-5,12,14-15H2,1-3H3,(H,26,29)/t16-/m0/s1. The molecule has 0 radical (unpaired) electrons. The molecule has 0 aliphatic heterocycles. The summed E-state index contributed by atoms with van der Waals surface area (Å²) in [5.74, 6) is 0.107. The fraction of sp³-hybridized carbons (Fsp3) is 0.391. The van der Waals surface area contributed by atoms with Crippen molar-refractivity contribution in [2.45, 2.75) is 46.2 Å². The van der Waals surface area contributed by atoms with E-state index in [9.17, 15) is 9.59 Å². The highest BCUT2D eigenvalue weighted by Crippen LogP contribution is 2.24. The number of amides is 2. The van der Waals surface area contributed by atoms with Gasteiger partial charge in [0.05, 0.1) is 10.0 Å². The summed E-state index contributed by atoms with van der Waals surface area (Å²) in [5, 5.41) is 3.68. The van der Waals surface area contributed by atoms with Crippen LogP contribution >= 0.6 is 23.2 Å². The van der Waals surface area contributed by atoms with Crippen LogP contribution in [0.25, 0.3) is 0 Å². The molecular formula is C23H28Cl2N2O3. The lowest BCUT2D eigenvalue weighted by atomic mass is 10.1. The number of hydrogen-bond donors (Lipinski definition) is 1. The van der Waals surface area contributed by atoms with Crippen molar-refractivity contribution in [3.8, 4) is 5.75 Å². The van der Waals surface area contributed by atoms with Crippen molar-refractivity contribution in [3.05, 3.63) is 63.6 Å². The largest absolute Gasteiger partial charge is 0.484 e. The number of hydrogen-bond acceptors (Lipinski definition) is 3. The Morgan fingerprint density at radius 1 is 1.03 bits per heavy atom. The van der Waals surface area contributed by atoms with Crippen LogP contribution in [0, 0.1) is 0 Å². The molecule has 7 heteroatoms. The second-order valence-corrected chi connectivity index (χ2v) is 7.84. The summed E-state index contributed by atoms with van der Waals surface area (Å²) in [6.45, 7) is 6.36. The van der Waals surface area contributed by atoms with E-state index in [1.54, 1.807) is 25.1 Å². The lowest BCUT2D eigenvalue weighted by Gasteiger charge is -2.29. The predicted octanol–water partition coefficient (Wildman–Crippen LogP) is 4.88. The topological polar surface area (TPSA) is 58.6 Å². The van der Waals surface area contributed by atoms with Gasteiger partial charge in [-0.05, 0) is 55.2 Å². The summed E-state index contributed by atoms with van der Waals surface area (Å²) < 4.78 is 5.67. The molecule has 2 aromatic rings. The van der Waals surface area contributed by atoms with Gasteiger partial charge in [0.1, 0.15) is 11.8 Å². The van der Waals surface area contributed by atoms with Crippen LogP contribution in [0.3, 0.4) is 0 Å². The SMILES string of the molecule is CCCNC(=O)[C@H](C)N(Cc1ccc(Cl)c(Cl)c1)C(=O)COc1ccc(CC)cc1. The number of aryl methyl sites for hydroxylation is 1. The Labute approximate surface area is 188 Å². The quantitative estimate of drug-likeness (QED) is 0.560. The van der Waals surface area contributed by atoms with Gasteiger partial charge in [0.2, 0.25) is 5.91 Å². The Morgan fingerprint density at radius 2 is 1.70 bits per heavy atom. The molecule has 0 fully saturated rings. The van der Waals surface area contributed by atoms with Gasteiger partial charge in [-0.25, -0.2) is 0 Å². The van der Waals surface area contributed by atoms with E-state index in [0.717, 1.165) is 18.4 Å². The number of benzene rings is 2. The Kier molecular flexibility index (Phi) is 9.47. The van der Waals surface area contributed by atoms with Crippen LogP contribution in [0.5, 0.6) is 5.75 Å². The molecule has 1 N–H and O–H groups in total. The van der Waals surface area contributed by atoms with Gasteiger partial charge in [0.15, 0.2) is 6.61 Å². The first kappa shape index (κ1) is 24.0. The Hall–Kier alpha value is -2.24. The van der Waals surface area contributed by atoms with Crippen LogP contribution in [0.1, 0.15) is 38.3 Å². The molecule has 162 valence electrons. The first-order valence-electron chi connectivity index (χ1n) is 10.1. The maximum absolute atomic E-state index is 13.0. The zero-order valence-corrected chi connectivity index (χ0v) is 19.1. The normalized spacial score (nSPS) is 11.6. The molecule has 2 rings (SSSR count). The van der Waals surface area contributed by atoms with Crippen LogP contribution in [-0.4, -0.2) is 35.9 Å². The van der Waals surface area contributed by atoms with Crippen molar-refractivity contribution in [2.75, 3.05) is 13.2 Å². The molecule has 30 heavy (non-hydrogen) atoms. The zero-order chi connectivity index (χ0) is 22.1. The third kappa shape index (κ3) is 6.92. The molecule has 0 heterocycles. The molecule has 2 amide bonds. The van der Waals surface area contributed by atoms with Gasteiger partial charge in [-0.1, -0.05) is 55.2 Å². The van der Waals surface area contributed by atoms with Gasteiger partial charge >= 0.3 is 0 Å². The number of rotatable bonds is 10. The smallest absolute Gasteiger partial charge is 0.261 e. The minimum atomic E-state index is -0.662. The van der Waals surface area contributed by atoms with Crippen LogP contribution in [0.2, 0.25) is 10.0 Å². The van der Waals surface area contributed by atoms with Crippen molar-refractivity contribution in [1.82, 2.24) is 10.2 Å². The minimum absolute atomic E-state index is 0.168. The van der Waals surface area contributed by atoms with E-state index < -0.39 is 6.04 Å². The average Bonchev–Trinajstić information content (AvgIpc) is 2.76. The Bertz CT molecular complexity index is 856. The van der Waals surface area contributed by atoms with Gasteiger partial charge in [-0.3, -0.25) is 9.59 Å². The second-order valence-electron chi connectivity index (χ2n) is 7.02. The summed E-state index contributed by atoms with van der Waals surface area (Å²) in [7, 11) is 0. The van der Waals surface area contributed by atoms with Gasteiger partial charge in [0.25, 0.3) is 5.91 Å². The zero-order valence-electron chi connectivity index (χ0n) is 17.6. The minimum Gasteiger partial charge on any atom is -0.484 e. The number of carbonyl (C=O) groups excluding carboxylic acids is 2. The van der Waals surface area contributed by atoms with E-state index in [-0.39, 0.29) is 25.0 Å². The molecule has 0 saturated carbocycles. The van der Waals surface area contributed by atoms with E-state index in [1.807, 2.05) is 31.2 Å². The molecule has 0 unspecified atom stereocenters. The lowest BCUT2D eigenvalue weighted by Crippen LogP contribution is -2.49. The Balaban J connectivity index is 2.14. The van der Waals surface area contributed by atoms with Crippen LogP contribution in [0.4, 0.5) is 0 Å². The lowest BCUT2D eigenvalue weighted by molar-refractivity contribution is -0.142. The molecule has 0 spiro atoms. The summed E-state index contributed by atoms with van der Waals surface area (Å²) in [6.07, 6.45) is 1.75. The number of nitrogens with one attached hydrogen (secondary N) is 1. The van der Waals surface area contributed by atoms with Crippen molar-refractivity contribution >= 4 is 35.0 Å². The fourth-order valence-corrected chi connectivity index (χ4v) is 3.18. The van der Waals surface area contributed by atoms with Gasteiger partial charge in [-0.2, -0.15) is 0 Å². The molecule has 5 nitrogen and oxygen atoms in total. The number of halogens is 2. The predicted molar refractivity (Wildman–Crippen MR) is 121 cm³/mol. The van der Waals surface area contributed by atoms with Crippen LogP contribution in [0.15, 0.2) is 42.5 Å². The summed E-state index contributed by atoms with van der Waals surface area (Å²) in [6, 6.07) is 12.1. The molecule has 0 aromatic heterocycles. The van der Waals surface area contributed by atoms with Crippen molar-refractivity contribution in [3.63, 3.8) is 0 Å². The average molecular weight is 451 g/mol. The van der Waals surface area contributed by atoms with E-state index in [4.69, 9.17) is 27.9 Å². The van der Waals surface area contributed by atoms with Crippen LogP contribution < -0.4 is 10.1 Å². The third-order valence-corrected chi connectivity index (χ3v) is 5.49. The van der Waals surface area contributed by atoms with Crippen molar-refractivity contribution in [1.29, 1.82) is 0 Å². The van der Waals surface area contributed by atoms with Crippen molar-refractivity contribution < 1.29 is 14.3 Å². The summed E-state index contributed by atoms with van der Waals surface area (Å²) in [5.41, 5.74) is 1.97. The maximum atomic E-state index is 13.0. The Morgan fingerprint density at radius 3 is 2.30 bits per heavy atom. The molecule has 2 aromatic carbocycles. The van der Waals surface area contributed by atoms with E-state index >= 15 is 0 Å². The van der Waals surface area contributed by atoms with Crippen molar-refractivity contribution in [2.24, 2.45) is 0 Å². The number of nitrogens with zero attached hydrogens (tertiary/aromatic N) is 1. The number of carbonyl (C=O) groups is 2. The summed E-state index contributed by atoms with van der Waals surface area (Å²) >= 11 is 12.1. The highest BCUT2D eigenvalue weighted by molar-refractivity contribution is 6.42. The van der Waals surface area contributed by atoms with Crippen LogP contribution in [-0.2, 0) is 22.6 Å². The first-order valence-corrected chi connectivity index (χ1v) is 10.8. The third-order valence-electron chi connectivity index (χ3n) is 4.75. The van der Waals surface area contributed by atoms with Gasteiger partial charge < -0.3 is 15.0 Å². The fourth-order valence-electron chi connectivity index (χ4n) is 2.86. The maximum Gasteiger partial charge on any atom is 0.261 e. The first-order chi connectivity index (χ1) is 14.3. The molecule has 0 aliphatic rings. The highest BCUT2D eigenvalue weighted by Gasteiger charge is 2.26. The highest BCUT2D eigenvalue weighted by atomic mass is 35.5. The van der Waals surface area contributed by atoms with Gasteiger partial charge in [0, 0.05) is 13.1 Å². The molecular weight excluding hydrogens is 423 g/mol. The number of ether oxygens (including phenoxy) is 1. The molecule has 0 bridgehead atoms. The molecule has 0 saturated heterocycles. The monoisotopic (exact) mass is 450 g/mol. The molecule has 1 atom stereocenters. The van der Waals surface area contributed by atoms with E-state index in [1.165, 1.54) is 10.5 Å². The van der Waals surface area contributed by atoms with Gasteiger partial charge in [-0.15, -0.1) is 0 Å².